The van der Waals surface area contributed by atoms with Crippen LogP contribution in [0.1, 0.15) is 24.3 Å². The zero-order valence-corrected chi connectivity index (χ0v) is 12.6. The van der Waals surface area contributed by atoms with Gasteiger partial charge in [0.2, 0.25) is 0 Å². The summed E-state index contributed by atoms with van der Waals surface area (Å²) in [6.07, 6.45) is 9.31. The van der Waals surface area contributed by atoms with Crippen LogP contribution in [-0.2, 0) is 0 Å². The van der Waals surface area contributed by atoms with Crippen molar-refractivity contribution in [2.75, 3.05) is 0 Å². The second-order valence-electron chi connectivity index (χ2n) is 4.72. The number of hydrogen-bond acceptors (Lipinski definition) is 0. The van der Waals surface area contributed by atoms with Gasteiger partial charge in [-0.25, -0.2) is 0 Å². The van der Waals surface area contributed by atoms with Gasteiger partial charge in [0.1, 0.15) is 0 Å². The van der Waals surface area contributed by atoms with E-state index in [0.29, 0.717) is 11.8 Å². The third kappa shape index (κ3) is 2.06. The fourth-order valence-corrected chi connectivity index (χ4v) is 4.53. The first-order chi connectivity index (χ1) is 8.21. The minimum atomic E-state index is 0.0505. The van der Waals surface area contributed by atoms with Gasteiger partial charge >= 0.3 is 0 Å². The van der Waals surface area contributed by atoms with E-state index < -0.39 is 0 Å². The Morgan fingerprint density at radius 2 is 1.76 bits per heavy atom. The molecule has 0 aliphatic heterocycles. The van der Waals surface area contributed by atoms with Gasteiger partial charge in [0, 0.05) is 11.8 Å². The molecular weight excluding hydrogens is 340 g/mol. The Kier molecular flexibility index (Phi) is 3.04. The van der Waals surface area contributed by atoms with E-state index >= 15 is 0 Å². The largest absolute Gasteiger partial charge is 0.0954 e. The van der Waals surface area contributed by atoms with Gasteiger partial charge in [-0.2, -0.15) is 0 Å². The van der Waals surface area contributed by atoms with Gasteiger partial charge in [-0.3, -0.25) is 0 Å². The molecule has 17 heavy (non-hydrogen) atoms. The molecular formula is C15H14Br2. The van der Waals surface area contributed by atoms with Gasteiger partial charge in [0.05, 0.1) is 3.23 Å². The van der Waals surface area contributed by atoms with Crippen LogP contribution in [0.2, 0.25) is 0 Å². The molecule has 0 radical (unpaired) electrons. The predicted octanol–water partition coefficient (Wildman–Crippen LogP) is 5.16. The standard InChI is InChI=1S/C15H14Br2/c16-15(17)13(11-7-3-1-4-8-11)14(15)12-9-5-2-6-10-12/h1,3-5,7-10,13-14H,2,6H2. The molecule has 1 aromatic carbocycles. The summed E-state index contributed by atoms with van der Waals surface area (Å²) in [5.74, 6) is 1.10. The van der Waals surface area contributed by atoms with Crippen LogP contribution in [0.5, 0.6) is 0 Å². The molecule has 2 aliphatic carbocycles. The first-order valence-corrected chi connectivity index (χ1v) is 7.59. The molecule has 0 N–H and O–H groups in total. The van der Waals surface area contributed by atoms with Crippen molar-refractivity contribution in [2.24, 2.45) is 5.92 Å². The lowest BCUT2D eigenvalue weighted by molar-refractivity contribution is 0.915. The second kappa shape index (κ2) is 4.40. The summed E-state index contributed by atoms with van der Waals surface area (Å²) >= 11 is 7.67. The monoisotopic (exact) mass is 352 g/mol. The Morgan fingerprint density at radius 3 is 2.41 bits per heavy atom. The van der Waals surface area contributed by atoms with Crippen LogP contribution < -0.4 is 0 Å². The lowest BCUT2D eigenvalue weighted by atomic mass is 10.00. The van der Waals surface area contributed by atoms with Crippen molar-refractivity contribution >= 4 is 31.9 Å². The van der Waals surface area contributed by atoms with E-state index in [1.165, 1.54) is 24.0 Å². The number of hydrogen-bond donors (Lipinski definition) is 0. The SMILES string of the molecule is BrC1(Br)C(C2=CCCC=C2)C1c1ccccc1. The molecule has 2 heteroatoms. The van der Waals surface area contributed by atoms with Crippen LogP contribution in [0.15, 0.2) is 54.1 Å². The molecule has 1 fully saturated rings. The highest BCUT2D eigenvalue weighted by Crippen LogP contribution is 2.70. The van der Waals surface area contributed by atoms with Gasteiger partial charge in [-0.1, -0.05) is 80.4 Å². The molecule has 1 aromatic rings. The van der Waals surface area contributed by atoms with E-state index in [1.54, 1.807) is 0 Å². The van der Waals surface area contributed by atoms with Crippen LogP contribution >= 0.6 is 31.9 Å². The Bertz CT molecular complexity index is 471. The molecule has 1 saturated carbocycles. The first-order valence-electron chi connectivity index (χ1n) is 6.00. The molecule has 0 spiro atoms. The van der Waals surface area contributed by atoms with Gasteiger partial charge in [0.15, 0.2) is 0 Å². The maximum atomic E-state index is 3.83. The van der Waals surface area contributed by atoms with Crippen molar-refractivity contribution in [3.05, 3.63) is 59.7 Å². The van der Waals surface area contributed by atoms with E-state index in [1.807, 2.05) is 0 Å². The van der Waals surface area contributed by atoms with E-state index in [2.05, 4.69) is 80.4 Å². The average Bonchev–Trinajstić information content (AvgIpc) is 2.94. The topological polar surface area (TPSA) is 0 Å². The minimum absolute atomic E-state index is 0.0505. The molecule has 2 unspecified atom stereocenters. The van der Waals surface area contributed by atoms with Crippen LogP contribution in [0.4, 0.5) is 0 Å². The van der Waals surface area contributed by atoms with Gasteiger partial charge in [-0.05, 0) is 24.0 Å². The van der Waals surface area contributed by atoms with Crippen molar-refractivity contribution in [1.29, 1.82) is 0 Å². The summed E-state index contributed by atoms with van der Waals surface area (Å²) in [4.78, 5) is 0. The van der Waals surface area contributed by atoms with Crippen LogP contribution in [0, 0.1) is 5.92 Å². The van der Waals surface area contributed by atoms with E-state index in [-0.39, 0.29) is 3.23 Å². The molecule has 0 aromatic heterocycles. The molecule has 0 nitrogen and oxygen atoms in total. The third-order valence-corrected chi connectivity index (χ3v) is 5.57. The fourth-order valence-electron chi connectivity index (χ4n) is 2.68. The van der Waals surface area contributed by atoms with Crippen molar-refractivity contribution in [3.63, 3.8) is 0 Å². The predicted molar refractivity (Wildman–Crippen MR) is 79.7 cm³/mol. The maximum Gasteiger partial charge on any atom is 0.0954 e. The lowest BCUT2D eigenvalue weighted by Crippen LogP contribution is -1.93. The minimum Gasteiger partial charge on any atom is -0.0840 e. The summed E-state index contributed by atoms with van der Waals surface area (Å²) in [6.45, 7) is 0. The maximum absolute atomic E-state index is 3.83. The van der Waals surface area contributed by atoms with Crippen LogP contribution in [0.25, 0.3) is 0 Å². The third-order valence-electron chi connectivity index (χ3n) is 3.60. The smallest absolute Gasteiger partial charge is 0.0840 e. The molecule has 2 aliphatic rings. The fraction of sp³-hybridized carbons (Fsp3) is 0.333. The van der Waals surface area contributed by atoms with E-state index in [4.69, 9.17) is 0 Å². The highest BCUT2D eigenvalue weighted by atomic mass is 79.9. The van der Waals surface area contributed by atoms with Crippen molar-refractivity contribution in [1.82, 2.24) is 0 Å². The summed E-state index contributed by atoms with van der Waals surface area (Å²) in [5, 5.41) is 0. The number of alkyl halides is 2. The highest BCUT2D eigenvalue weighted by Gasteiger charge is 2.63. The summed E-state index contributed by atoms with van der Waals surface area (Å²) in [5.41, 5.74) is 2.88. The van der Waals surface area contributed by atoms with Crippen molar-refractivity contribution in [2.45, 2.75) is 22.0 Å². The van der Waals surface area contributed by atoms with E-state index in [9.17, 15) is 0 Å². The van der Waals surface area contributed by atoms with Gasteiger partial charge in [-0.15, -0.1) is 0 Å². The molecule has 3 rings (SSSR count). The Balaban J connectivity index is 1.89. The number of rotatable bonds is 2. The summed E-state index contributed by atoms with van der Waals surface area (Å²) < 4.78 is 0.0505. The highest BCUT2D eigenvalue weighted by molar-refractivity contribution is 9.25. The Morgan fingerprint density at radius 1 is 1.00 bits per heavy atom. The summed E-state index contributed by atoms with van der Waals surface area (Å²) in [7, 11) is 0. The van der Waals surface area contributed by atoms with Gasteiger partial charge in [0.25, 0.3) is 0 Å². The quantitative estimate of drug-likeness (QED) is 0.644. The second-order valence-corrected chi connectivity index (χ2v) is 8.41. The molecule has 0 amide bonds. The molecule has 2 atom stereocenters. The average molecular weight is 354 g/mol. The Hall–Kier alpha value is -0.340. The first kappa shape index (κ1) is 11.7. The van der Waals surface area contributed by atoms with E-state index in [0.717, 1.165) is 0 Å². The zero-order chi connectivity index (χ0) is 11.9. The van der Waals surface area contributed by atoms with Crippen LogP contribution in [-0.4, -0.2) is 3.23 Å². The molecule has 0 heterocycles. The van der Waals surface area contributed by atoms with Crippen molar-refractivity contribution in [3.8, 4) is 0 Å². The zero-order valence-electron chi connectivity index (χ0n) is 9.44. The molecule has 0 bridgehead atoms. The molecule has 88 valence electrons. The Labute approximate surface area is 119 Å². The van der Waals surface area contributed by atoms with Crippen LogP contribution in [0.3, 0.4) is 0 Å². The van der Waals surface area contributed by atoms with Gasteiger partial charge < -0.3 is 0 Å². The number of halogens is 2. The molecule has 0 saturated heterocycles. The number of allylic oxidation sites excluding steroid dienone is 4. The normalized spacial score (nSPS) is 29.9. The summed E-state index contributed by atoms with van der Waals surface area (Å²) in [6, 6.07) is 10.7. The lowest BCUT2D eigenvalue weighted by Gasteiger charge is -2.06. The number of benzene rings is 1. The van der Waals surface area contributed by atoms with Crippen molar-refractivity contribution < 1.29 is 0 Å².